The van der Waals surface area contributed by atoms with Gasteiger partial charge in [-0.3, -0.25) is 0 Å². The van der Waals surface area contributed by atoms with E-state index in [0.29, 0.717) is 12.1 Å². The van der Waals surface area contributed by atoms with E-state index in [4.69, 9.17) is 0 Å². The molecule has 0 atom stereocenters. The molecule has 2 aromatic rings. The smallest absolute Gasteiger partial charge is 0.319 e. The molecular weight excluding hydrogens is 288 g/mol. The van der Waals surface area contributed by atoms with Gasteiger partial charge in [-0.25, -0.2) is 9.78 Å². The summed E-state index contributed by atoms with van der Waals surface area (Å²) < 4.78 is 2.21. The van der Waals surface area contributed by atoms with Crippen LogP contribution in [0.25, 0.3) is 11.0 Å². The third kappa shape index (κ3) is 3.49. The SMILES string of the molecule is Cc1nc2cc(NC(=O)NC3CCCCC3)ccc2n1C(C)C. The second-order valence-corrected chi connectivity index (χ2v) is 6.76. The molecule has 1 aromatic heterocycles. The topological polar surface area (TPSA) is 59.0 Å². The summed E-state index contributed by atoms with van der Waals surface area (Å²) in [7, 11) is 0. The number of anilines is 1. The lowest BCUT2D eigenvalue weighted by molar-refractivity contribution is 0.244. The van der Waals surface area contributed by atoms with Crippen molar-refractivity contribution in [3.8, 4) is 0 Å². The number of hydrogen-bond acceptors (Lipinski definition) is 2. The van der Waals surface area contributed by atoms with Crippen LogP contribution in [0.3, 0.4) is 0 Å². The Balaban J connectivity index is 1.72. The summed E-state index contributed by atoms with van der Waals surface area (Å²) in [6.07, 6.45) is 5.88. The van der Waals surface area contributed by atoms with Crippen LogP contribution in [-0.2, 0) is 0 Å². The second kappa shape index (κ2) is 6.60. The highest BCUT2D eigenvalue weighted by Gasteiger charge is 2.16. The van der Waals surface area contributed by atoms with E-state index in [9.17, 15) is 4.79 Å². The van der Waals surface area contributed by atoms with Crippen LogP contribution in [0.2, 0.25) is 0 Å². The minimum absolute atomic E-state index is 0.115. The van der Waals surface area contributed by atoms with E-state index in [1.165, 1.54) is 19.3 Å². The van der Waals surface area contributed by atoms with Crippen molar-refractivity contribution in [2.45, 2.75) is 65.0 Å². The van der Waals surface area contributed by atoms with Crippen molar-refractivity contribution in [2.75, 3.05) is 5.32 Å². The Bertz CT molecular complexity index is 698. The Labute approximate surface area is 137 Å². The van der Waals surface area contributed by atoms with Crippen LogP contribution >= 0.6 is 0 Å². The van der Waals surface area contributed by atoms with Crippen LogP contribution in [0, 0.1) is 6.92 Å². The maximum absolute atomic E-state index is 12.1. The third-order valence-corrected chi connectivity index (χ3v) is 4.58. The number of imidazole rings is 1. The van der Waals surface area contributed by atoms with E-state index >= 15 is 0 Å². The van der Waals surface area contributed by atoms with Gasteiger partial charge in [-0.05, 0) is 51.8 Å². The molecule has 0 bridgehead atoms. The minimum atomic E-state index is -0.115. The van der Waals surface area contributed by atoms with Crippen molar-refractivity contribution in [1.82, 2.24) is 14.9 Å². The molecule has 1 aliphatic rings. The Hall–Kier alpha value is -2.04. The maximum Gasteiger partial charge on any atom is 0.319 e. The molecule has 5 heteroatoms. The number of benzene rings is 1. The lowest BCUT2D eigenvalue weighted by Gasteiger charge is -2.22. The van der Waals surface area contributed by atoms with Crippen molar-refractivity contribution in [1.29, 1.82) is 0 Å². The van der Waals surface area contributed by atoms with E-state index < -0.39 is 0 Å². The number of fused-ring (bicyclic) bond motifs is 1. The number of urea groups is 1. The molecule has 0 radical (unpaired) electrons. The highest BCUT2D eigenvalue weighted by molar-refractivity contribution is 5.92. The average molecular weight is 314 g/mol. The zero-order chi connectivity index (χ0) is 16.4. The molecule has 1 aromatic carbocycles. The molecule has 0 aliphatic heterocycles. The summed E-state index contributed by atoms with van der Waals surface area (Å²) >= 11 is 0. The first-order valence-electron chi connectivity index (χ1n) is 8.60. The molecule has 0 unspecified atom stereocenters. The molecule has 1 fully saturated rings. The lowest BCUT2D eigenvalue weighted by atomic mass is 9.96. The number of rotatable bonds is 3. The summed E-state index contributed by atoms with van der Waals surface area (Å²) in [5, 5.41) is 6.01. The molecule has 5 nitrogen and oxygen atoms in total. The molecular formula is C18H26N4O. The molecule has 0 spiro atoms. The first-order chi connectivity index (χ1) is 11.0. The average Bonchev–Trinajstić information content (AvgIpc) is 2.83. The fourth-order valence-corrected chi connectivity index (χ4v) is 3.55. The molecule has 124 valence electrons. The van der Waals surface area contributed by atoms with Gasteiger partial charge in [0.25, 0.3) is 0 Å². The van der Waals surface area contributed by atoms with Crippen molar-refractivity contribution < 1.29 is 4.79 Å². The number of carbonyl (C=O) groups is 1. The Morgan fingerprint density at radius 2 is 2.00 bits per heavy atom. The van der Waals surface area contributed by atoms with Gasteiger partial charge in [0, 0.05) is 17.8 Å². The summed E-state index contributed by atoms with van der Waals surface area (Å²) in [4.78, 5) is 16.8. The fourth-order valence-electron chi connectivity index (χ4n) is 3.55. The molecule has 2 amide bonds. The number of carbonyl (C=O) groups excluding carboxylic acids is 1. The Morgan fingerprint density at radius 1 is 1.26 bits per heavy atom. The van der Waals surface area contributed by atoms with E-state index in [1.807, 2.05) is 25.1 Å². The van der Waals surface area contributed by atoms with Gasteiger partial charge in [-0.15, -0.1) is 0 Å². The van der Waals surface area contributed by atoms with Crippen molar-refractivity contribution >= 4 is 22.8 Å². The summed E-state index contributed by atoms with van der Waals surface area (Å²) in [6, 6.07) is 6.50. The van der Waals surface area contributed by atoms with E-state index in [2.05, 4.69) is 34.0 Å². The molecule has 1 aliphatic carbocycles. The van der Waals surface area contributed by atoms with Crippen LogP contribution in [0.15, 0.2) is 18.2 Å². The van der Waals surface area contributed by atoms with Crippen molar-refractivity contribution in [2.24, 2.45) is 0 Å². The number of aryl methyl sites for hydroxylation is 1. The zero-order valence-electron chi connectivity index (χ0n) is 14.2. The highest BCUT2D eigenvalue weighted by atomic mass is 16.2. The van der Waals surface area contributed by atoms with Crippen molar-refractivity contribution in [3.05, 3.63) is 24.0 Å². The number of nitrogens with zero attached hydrogens (tertiary/aromatic N) is 2. The number of amides is 2. The molecule has 3 rings (SSSR count). The Kier molecular flexibility index (Phi) is 4.55. The van der Waals surface area contributed by atoms with Crippen LogP contribution in [0.1, 0.15) is 57.8 Å². The predicted octanol–water partition coefficient (Wildman–Crippen LogP) is 4.38. The summed E-state index contributed by atoms with van der Waals surface area (Å²) in [6.45, 7) is 6.32. The summed E-state index contributed by atoms with van der Waals surface area (Å²) in [5.74, 6) is 0.999. The van der Waals surface area contributed by atoms with Crippen molar-refractivity contribution in [3.63, 3.8) is 0 Å². The molecule has 2 N–H and O–H groups in total. The van der Waals surface area contributed by atoms with Gasteiger partial charge in [0.15, 0.2) is 0 Å². The van der Waals surface area contributed by atoms with E-state index in [0.717, 1.165) is 35.4 Å². The second-order valence-electron chi connectivity index (χ2n) is 6.76. The first-order valence-corrected chi connectivity index (χ1v) is 8.60. The van der Waals surface area contributed by atoms with Gasteiger partial charge in [0.1, 0.15) is 5.82 Å². The molecule has 1 heterocycles. The van der Waals surface area contributed by atoms with Crippen LogP contribution in [0.5, 0.6) is 0 Å². The minimum Gasteiger partial charge on any atom is -0.335 e. The fraction of sp³-hybridized carbons (Fsp3) is 0.556. The third-order valence-electron chi connectivity index (χ3n) is 4.58. The first kappa shape index (κ1) is 15.8. The largest absolute Gasteiger partial charge is 0.335 e. The predicted molar refractivity (Wildman–Crippen MR) is 93.9 cm³/mol. The lowest BCUT2D eigenvalue weighted by Crippen LogP contribution is -2.38. The Morgan fingerprint density at radius 3 is 2.70 bits per heavy atom. The normalized spacial score (nSPS) is 16.0. The van der Waals surface area contributed by atoms with Gasteiger partial charge >= 0.3 is 6.03 Å². The van der Waals surface area contributed by atoms with Gasteiger partial charge in [0.05, 0.1) is 11.0 Å². The van der Waals surface area contributed by atoms with E-state index in [-0.39, 0.29) is 6.03 Å². The van der Waals surface area contributed by atoms with Crippen LogP contribution in [0.4, 0.5) is 10.5 Å². The zero-order valence-corrected chi connectivity index (χ0v) is 14.2. The quantitative estimate of drug-likeness (QED) is 0.883. The number of aromatic nitrogens is 2. The van der Waals surface area contributed by atoms with Crippen LogP contribution in [-0.4, -0.2) is 21.6 Å². The molecule has 1 saturated carbocycles. The maximum atomic E-state index is 12.1. The van der Waals surface area contributed by atoms with Gasteiger partial charge in [0.2, 0.25) is 0 Å². The number of nitrogens with one attached hydrogen (secondary N) is 2. The standard InChI is InChI=1S/C18H26N4O/c1-12(2)22-13(3)19-16-11-15(9-10-17(16)22)21-18(23)20-14-7-5-4-6-8-14/h9-12,14H,4-8H2,1-3H3,(H2,20,21,23). The summed E-state index contributed by atoms with van der Waals surface area (Å²) in [5.41, 5.74) is 2.82. The highest BCUT2D eigenvalue weighted by Crippen LogP contribution is 2.24. The molecule has 23 heavy (non-hydrogen) atoms. The number of hydrogen-bond donors (Lipinski definition) is 2. The van der Waals surface area contributed by atoms with Crippen LogP contribution < -0.4 is 10.6 Å². The van der Waals surface area contributed by atoms with Gasteiger partial charge < -0.3 is 15.2 Å². The van der Waals surface area contributed by atoms with Gasteiger partial charge in [-0.2, -0.15) is 0 Å². The molecule has 0 saturated heterocycles. The van der Waals surface area contributed by atoms with Gasteiger partial charge in [-0.1, -0.05) is 19.3 Å². The monoisotopic (exact) mass is 314 g/mol. The van der Waals surface area contributed by atoms with E-state index in [1.54, 1.807) is 0 Å².